The van der Waals surface area contributed by atoms with Crippen molar-refractivity contribution in [1.29, 1.82) is 0 Å². The monoisotopic (exact) mass is 998 g/mol. The van der Waals surface area contributed by atoms with Crippen LogP contribution >= 0.6 is 0 Å². The lowest BCUT2D eigenvalue weighted by Crippen LogP contribution is -2.60. The zero-order chi connectivity index (χ0) is 50.7. The molecule has 4 aromatic heterocycles. The second-order valence-corrected chi connectivity index (χ2v) is 20.7. The van der Waals surface area contributed by atoms with E-state index in [2.05, 4.69) is 262 Å². The van der Waals surface area contributed by atoms with Crippen molar-refractivity contribution < 1.29 is 17.7 Å². The van der Waals surface area contributed by atoms with Crippen molar-refractivity contribution in [3.8, 4) is 11.1 Å². The number of hydrogen-bond acceptors (Lipinski definition) is 8. The van der Waals surface area contributed by atoms with E-state index in [-0.39, 0.29) is 13.4 Å². The number of anilines is 12. The van der Waals surface area contributed by atoms with Crippen molar-refractivity contribution in [3.63, 3.8) is 0 Å². The Morgan fingerprint density at radius 2 is 0.462 bits per heavy atom. The van der Waals surface area contributed by atoms with Gasteiger partial charge in [0.1, 0.15) is 45.0 Å². The fraction of sp³-hybridized carbons (Fsp3) is 0. The van der Waals surface area contributed by atoms with Crippen LogP contribution in [0.3, 0.4) is 0 Å². The molecule has 362 valence electrons. The maximum atomic E-state index is 7.18. The van der Waals surface area contributed by atoms with Crippen LogP contribution in [0.4, 0.5) is 68.2 Å². The molecule has 0 bridgehead atoms. The van der Waals surface area contributed by atoms with Gasteiger partial charge in [0.05, 0.1) is 22.7 Å². The van der Waals surface area contributed by atoms with Crippen molar-refractivity contribution in [2.75, 3.05) is 19.6 Å². The van der Waals surface area contributed by atoms with Crippen LogP contribution < -0.4 is 53.2 Å². The lowest BCUT2D eigenvalue weighted by atomic mass is 9.37. The van der Waals surface area contributed by atoms with E-state index in [1.807, 2.05) is 0 Å². The van der Waals surface area contributed by atoms with Gasteiger partial charge in [0.2, 0.25) is 0 Å². The molecular formula is C68H40B2N4O4. The van der Waals surface area contributed by atoms with E-state index in [1.165, 1.54) is 0 Å². The van der Waals surface area contributed by atoms with Crippen molar-refractivity contribution in [1.82, 2.24) is 0 Å². The zero-order valence-electron chi connectivity index (χ0n) is 41.7. The van der Waals surface area contributed by atoms with E-state index in [1.54, 1.807) is 0 Å². The molecule has 18 rings (SSSR count). The highest BCUT2D eigenvalue weighted by atomic mass is 16.4. The summed E-state index contributed by atoms with van der Waals surface area (Å²) in [6.45, 7) is -0.746. The number of rotatable bonds is 5. The average Bonchev–Trinajstić information content (AvgIpc) is 3.87. The van der Waals surface area contributed by atoms with Crippen LogP contribution in [-0.2, 0) is 0 Å². The SMILES string of the molecule is c1ccc(N2c3cc(-c4cc5c6c(c4)N(c4ccccc4)c4c(oc7ccccc47)B6c4oc6ccccc6c4N5c4ccccc4)cc4c3B(c3oc5ccccc5c32)c2oc3ccccc3c2N4c2ccccc2)cc1. The molecule has 4 aliphatic rings. The van der Waals surface area contributed by atoms with Gasteiger partial charge in [0.15, 0.2) is 0 Å². The van der Waals surface area contributed by atoms with Crippen LogP contribution in [0.1, 0.15) is 0 Å². The molecule has 10 heteroatoms. The van der Waals surface area contributed by atoms with Crippen LogP contribution in [0, 0.1) is 0 Å². The molecular weight excluding hydrogens is 958 g/mol. The van der Waals surface area contributed by atoms with Gasteiger partial charge in [-0.25, -0.2) is 0 Å². The number of hydrogen-bond donors (Lipinski definition) is 0. The predicted octanol–water partition coefficient (Wildman–Crippen LogP) is 14.5. The molecule has 0 aliphatic carbocycles. The molecule has 0 saturated heterocycles. The first-order chi connectivity index (χ1) is 38.7. The first-order valence-corrected chi connectivity index (χ1v) is 26.6. The normalized spacial score (nSPS) is 13.7. The van der Waals surface area contributed by atoms with Crippen LogP contribution in [0.2, 0.25) is 0 Å². The lowest BCUT2D eigenvalue weighted by Gasteiger charge is -2.42. The number of nitrogens with zero attached hydrogens (tertiary/aromatic N) is 4. The highest BCUT2D eigenvalue weighted by Gasteiger charge is 2.52. The van der Waals surface area contributed by atoms with Gasteiger partial charge in [-0.3, -0.25) is 0 Å². The highest BCUT2D eigenvalue weighted by molar-refractivity contribution is 7.00. The average molecular weight is 999 g/mol. The van der Waals surface area contributed by atoms with Gasteiger partial charge < -0.3 is 37.3 Å². The molecule has 8 nitrogen and oxygen atoms in total. The standard InChI is InChI=1S/C68H40B2N4O4/c1-5-21-43(22-6-1)71-51-37-41(38-52-59(51)69(65-61(71)47-29-13-17-33-55(47)75-65)66-62(48-30-14-18-34-56(48)76-66)72(52)44-23-7-2-8-24-44)42-39-53-60-54(40-42)74(46-27-11-4-12-28-46)64-50-32-16-20-36-58(50)78-68(64)70(60)67-63(49-31-15-19-35-57(49)77-67)73(53)45-25-9-3-10-26-45/h1-40H. The Bertz CT molecular complexity index is 4200. The number of para-hydroxylation sites is 8. The molecule has 0 radical (unpaired) electrons. The first kappa shape index (κ1) is 42.0. The minimum Gasteiger partial charge on any atom is -0.468 e. The molecule has 4 aliphatic heterocycles. The number of benzene rings is 10. The Balaban J connectivity index is 0.997. The molecule has 10 aromatic carbocycles. The van der Waals surface area contributed by atoms with Crippen LogP contribution in [0.25, 0.3) is 55.0 Å². The van der Waals surface area contributed by atoms with E-state index in [0.717, 1.165) is 157 Å². The van der Waals surface area contributed by atoms with Crippen LogP contribution in [-0.4, -0.2) is 13.4 Å². The Kier molecular flexibility index (Phi) is 8.41. The van der Waals surface area contributed by atoms with E-state index < -0.39 is 0 Å². The topological polar surface area (TPSA) is 65.5 Å². The summed E-state index contributed by atoms with van der Waals surface area (Å²) in [5, 5.41) is 4.13. The van der Waals surface area contributed by atoms with Crippen molar-refractivity contribution in [2.45, 2.75) is 0 Å². The van der Waals surface area contributed by atoms with Gasteiger partial charge in [-0.1, -0.05) is 121 Å². The highest BCUT2D eigenvalue weighted by Crippen LogP contribution is 2.53. The Labute approximate surface area is 448 Å². The molecule has 0 fully saturated rings. The maximum Gasteiger partial charge on any atom is 0.342 e. The zero-order valence-corrected chi connectivity index (χ0v) is 41.7. The molecule has 0 spiro atoms. The summed E-state index contributed by atoms with van der Waals surface area (Å²) in [7, 11) is 0. The number of furan rings is 4. The third-order valence-electron chi connectivity index (χ3n) is 16.5. The Morgan fingerprint density at radius 1 is 0.244 bits per heavy atom. The molecule has 0 amide bonds. The summed E-state index contributed by atoms with van der Waals surface area (Å²) in [5.74, 6) is 0. The number of fused-ring (bicyclic) bond motifs is 16. The van der Waals surface area contributed by atoms with Crippen molar-refractivity contribution in [2.24, 2.45) is 0 Å². The van der Waals surface area contributed by atoms with E-state index in [0.29, 0.717) is 0 Å². The molecule has 8 heterocycles. The third kappa shape index (κ3) is 5.59. The van der Waals surface area contributed by atoms with Crippen molar-refractivity contribution >= 4 is 159 Å². The summed E-state index contributed by atoms with van der Waals surface area (Å²) in [4.78, 5) is 9.70. The van der Waals surface area contributed by atoms with Crippen LogP contribution in [0.5, 0.6) is 0 Å². The van der Waals surface area contributed by atoms with Gasteiger partial charge in [-0.2, -0.15) is 0 Å². The molecule has 78 heavy (non-hydrogen) atoms. The fourth-order valence-electron chi connectivity index (χ4n) is 13.4. The van der Waals surface area contributed by atoms with Gasteiger partial charge in [0, 0.05) is 67.0 Å². The van der Waals surface area contributed by atoms with Gasteiger partial charge >= 0.3 is 13.4 Å². The van der Waals surface area contributed by atoms with Gasteiger partial charge in [0.25, 0.3) is 0 Å². The second-order valence-electron chi connectivity index (χ2n) is 20.7. The Morgan fingerprint density at radius 3 is 0.705 bits per heavy atom. The molecule has 0 saturated carbocycles. The van der Waals surface area contributed by atoms with Gasteiger partial charge in [-0.15, -0.1) is 0 Å². The van der Waals surface area contributed by atoms with Crippen LogP contribution in [0.15, 0.2) is 260 Å². The second kappa shape index (κ2) is 15.6. The van der Waals surface area contributed by atoms with Crippen molar-refractivity contribution in [3.05, 3.63) is 243 Å². The van der Waals surface area contributed by atoms with E-state index >= 15 is 0 Å². The van der Waals surface area contributed by atoms with E-state index in [4.69, 9.17) is 17.7 Å². The van der Waals surface area contributed by atoms with Gasteiger partial charge in [-0.05, 0) is 143 Å². The molecule has 14 aromatic rings. The Hall–Kier alpha value is -10.3. The summed E-state index contributed by atoms with van der Waals surface area (Å²) in [6.07, 6.45) is 0. The fourth-order valence-corrected chi connectivity index (χ4v) is 13.4. The lowest BCUT2D eigenvalue weighted by molar-refractivity contribution is 0.637. The molecule has 0 atom stereocenters. The molecule has 0 N–H and O–H groups in total. The largest absolute Gasteiger partial charge is 0.468 e. The smallest absolute Gasteiger partial charge is 0.342 e. The van der Waals surface area contributed by atoms with E-state index in [9.17, 15) is 0 Å². The quantitative estimate of drug-likeness (QED) is 0.158. The minimum absolute atomic E-state index is 0.373. The summed E-state index contributed by atoms with van der Waals surface area (Å²) >= 11 is 0. The summed E-state index contributed by atoms with van der Waals surface area (Å²) in [6, 6.07) is 86.3. The molecule has 0 unspecified atom stereocenters. The predicted molar refractivity (Wildman–Crippen MR) is 319 cm³/mol. The first-order valence-electron chi connectivity index (χ1n) is 26.6. The summed E-state index contributed by atoms with van der Waals surface area (Å²) < 4.78 is 28.7. The summed E-state index contributed by atoms with van der Waals surface area (Å²) in [5.41, 5.74) is 23.3. The minimum atomic E-state index is -0.373. The third-order valence-corrected chi connectivity index (χ3v) is 16.5. The maximum absolute atomic E-state index is 7.18.